The van der Waals surface area contributed by atoms with Crippen molar-refractivity contribution in [3.63, 3.8) is 0 Å². The largest absolute Gasteiger partial charge is 0.481 e. The molecule has 0 bridgehead atoms. The molecule has 1 atom stereocenters. The Labute approximate surface area is 105 Å². The summed E-state index contributed by atoms with van der Waals surface area (Å²) in [7, 11) is 1.79. The van der Waals surface area contributed by atoms with Crippen LogP contribution in [0, 0.1) is 5.92 Å². The van der Waals surface area contributed by atoms with Crippen molar-refractivity contribution in [2.24, 2.45) is 13.0 Å². The Kier molecular flexibility index (Phi) is 5.10. The van der Waals surface area contributed by atoms with Gasteiger partial charge < -0.3 is 10.4 Å². The molecule has 1 amide bonds. The number of hydrogen-bond acceptors (Lipinski definition) is 3. The van der Waals surface area contributed by atoms with Crippen molar-refractivity contribution in [3.05, 3.63) is 24.0 Å². The quantitative estimate of drug-likeness (QED) is 0.727. The predicted octanol–water partition coefficient (Wildman–Crippen LogP) is 0.660. The Hall–Kier alpha value is -2.11. The van der Waals surface area contributed by atoms with Crippen LogP contribution in [0.1, 0.15) is 18.9 Å². The second kappa shape index (κ2) is 6.58. The number of nitrogens with one attached hydrogen (secondary N) is 1. The number of nitrogens with zero attached hydrogens (tertiary/aromatic N) is 2. The molecule has 0 radical (unpaired) electrons. The Morgan fingerprint density at radius 1 is 1.61 bits per heavy atom. The second-order valence-corrected chi connectivity index (χ2v) is 3.97. The van der Waals surface area contributed by atoms with E-state index in [9.17, 15) is 9.59 Å². The second-order valence-electron chi connectivity index (χ2n) is 3.97. The van der Waals surface area contributed by atoms with E-state index in [0.29, 0.717) is 6.42 Å². The van der Waals surface area contributed by atoms with Gasteiger partial charge in [-0.2, -0.15) is 5.10 Å². The van der Waals surface area contributed by atoms with Crippen molar-refractivity contribution >= 4 is 18.0 Å². The van der Waals surface area contributed by atoms with Gasteiger partial charge in [0.1, 0.15) is 0 Å². The van der Waals surface area contributed by atoms with Gasteiger partial charge in [-0.25, -0.2) is 0 Å². The highest BCUT2D eigenvalue weighted by Gasteiger charge is 2.14. The first-order valence-corrected chi connectivity index (χ1v) is 5.70. The summed E-state index contributed by atoms with van der Waals surface area (Å²) in [5, 5.41) is 15.3. The predicted molar refractivity (Wildman–Crippen MR) is 66.7 cm³/mol. The summed E-state index contributed by atoms with van der Waals surface area (Å²) in [5.74, 6) is -1.74. The standard InChI is InChI=1S/C12H17N3O3/c1-3-10(12(17)18)7-13-11(16)5-4-9-6-14-15(2)8-9/h4-6,8,10H,3,7H2,1-2H3,(H,13,16)(H,17,18). The zero-order valence-electron chi connectivity index (χ0n) is 10.5. The van der Waals surface area contributed by atoms with E-state index in [0.717, 1.165) is 5.56 Å². The first-order valence-electron chi connectivity index (χ1n) is 5.70. The van der Waals surface area contributed by atoms with Gasteiger partial charge in [0.2, 0.25) is 5.91 Å². The van der Waals surface area contributed by atoms with E-state index in [1.54, 1.807) is 37.1 Å². The summed E-state index contributed by atoms with van der Waals surface area (Å²) in [6.45, 7) is 1.92. The van der Waals surface area contributed by atoms with Gasteiger partial charge in [-0.1, -0.05) is 6.92 Å². The number of hydrogen-bond donors (Lipinski definition) is 2. The van der Waals surface area contributed by atoms with Crippen molar-refractivity contribution in [1.82, 2.24) is 15.1 Å². The van der Waals surface area contributed by atoms with Gasteiger partial charge in [0.05, 0.1) is 12.1 Å². The molecule has 0 fully saturated rings. The maximum atomic E-state index is 11.4. The van der Waals surface area contributed by atoms with Crippen LogP contribution in [-0.4, -0.2) is 33.3 Å². The lowest BCUT2D eigenvalue weighted by molar-refractivity contribution is -0.141. The molecule has 6 heteroatoms. The van der Waals surface area contributed by atoms with Gasteiger partial charge >= 0.3 is 5.97 Å². The third-order valence-corrected chi connectivity index (χ3v) is 2.52. The molecule has 0 aromatic carbocycles. The van der Waals surface area contributed by atoms with E-state index in [2.05, 4.69) is 10.4 Å². The highest BCUT2D eigenvalue weighted by Crippen LogP contribution is 2.01. The number of aliphatic carboxylic acids is 1. The average Bonchev–Trinajstić information content (AvgIpc) is 2.73. The lowest BCUT2D eigenvalue weighted by atomic mass is 10.1. The number of aromatic nitrogens is 2. The van der Waals surface area contributed by atoms with Crippen LogP contribution in [-0.2, 0) is 16.6 Å². The topological polar surface area (TPSA) is 84.2 Å². The Bertz CT molecular complexity index is 451. The Balaban J connectivity index is 2.42. The number of carbonyl (C=O) groups excluding carboxylic acids is 1. The molecule has 0 aliphatic heterocycles. The number of aryl methyl sites for hydroxylation is 1. The fraction of sp³-hybridized carbons (Fsp3) is 0.417. The first-order chi connectivity index (χ1) is 8.52. The minimum absolute atomic E-state index is 0.141. The molecule has 1 heterocycles. The van der Waals surface area contributed by atoms with Gasteiger partial charge in [-0.3, -0.25) is 14.3 Å². The van der Waals surface area contributed by atoms with Crippen LogP contribution in [0.15, 0.2) is 18.5 Å². The molecule has 1 aromatic heterocycles. The molecule has 1 aromatic rings. The fourth-order valence-electron chi connectivity index (χ4n) is 1.39. The molecule has 0 aliphatic rings. The summed E-state index contributed by atoms with van der Waals surface area (Å²) >= 11 is 0. The summed E-state index contributed by atoms with van der Waals surface area (Å²) in [6.07, 6.45) is 6.89. The van der Waals surface area contributed by atoms with E-state index >= 15 is 0 Å². The van der Waals surface area contributed by atoms with Gasteiger partial charge in [-0.15, -0.1) is 0 Å². The molecule has 0 spiro atoms. The Morgan fingerprint density at radius 2 is 2.33 bits per heavy atom. The van der Waals surface area contributed by atoms with E-state index < -0.39 is 11.9 Å². The van der Waals surface area contributed by atoms with Crippen LogP contribution >= 0.6 is 0 Å². The lowest BCUT2D eigenvalue weighted by Crippen LogP contribution is -2.31. The molecule has 0 saturated heterocycles. The van der Waals surface area contributed by atoms with Crippen molar-refractivity contribution in [1.29, 1.82) is 0 Å². The van der Waals surface area contributed by atoms with E-state index in [1.165, 1.54) is 6.08 Å². The number of amides is 1. The molecule has 0 saturated carbocycles. The van der Waals surface area contributed by atoms with E-state index in [1.807, 2.05) is 0 Å². The van der Waals surface area contributed by atoms with Crippen molar-refractivity contribution in [2.75, 3.05) is 6.54 Å². The number of rotatable bonds is 6. The Morgan fingerprint density at radius 3 is 2.83 bits per heavy atom. The van der Waals surface area contributed by atoms with Crippen molar-refractivity contribution in [3.8, 4) is 0 Å². The SMILES string of the molecule is CCC(CNC(=O)C=Cc1cnn(C)c1)C(=O)O. The smallest absolute Gasteiger partial charge is 0.308 e. The molecule has 1 rings (SSSR count). The lowest BCUT2D eigenvalue weighted by Gasteiger charge is -2.09. The molecule has 6 nitrogen and oxygen atoms in total. The maximum absolute atomic E-state index is 11.4. The van der Waals surface area contributed by atoms with Crippen LogP contribution in [0.3, 0.4) is 0 Å². The fourth-order valence-corrected chi connectivity index (χ4v) is 1.39. The summed E-state index contributed by atoms with van der Waals surface area (Å²) < 4.78 is 1.63. The first kappa shape index (κ1) is 14.0. The molecule has 18 heavy (non-hydrogen) atoms. The zero-order chi connectivity index (χ0) is 13.5. The highest BCUT2D eigenvalue weighted by atomic mass is 16.4. The monoisotopic (exact) mass is 251 g/mol. The van der Waals surface area contributed by atoms with Crippen molar-refractivity contribution < 1.29 is 14.7 Å². The van der Waals surface area contributed by atoms with E-state index in [-0.39, 0.29) is 12.5 Å². The average molecular weight is 251 g/mol. The van der Waals surface area contributed by atoms with Crippen LogP contribution in [0.4, 0.5) is 0 Å². The van der Waals surface area contributed by atoms with Gasteiger partial charge in [0, 0.05) is 31.4 Å². The zero-order valence-corrected chi connectivity index (χ0v) is 10.5. The number of carboxylic acid groups (broad SMARTS) is 1. The van der Waals surface area contributed by atoms with Gasteiger partial charge in [-0.05, 0) is 12.5 Å². The number of carboxylic acids is 1. The van der Waals surface area contributed by atoms with Crippen molar-refractivity contribution in [2.45, 2.75) is 13.3 Å². The maximum Gasteiger partial charge on any atom is 0.308 e. The molecule has 0 aliphatic carbocycles. The van der Waals surface area contributed by atoms with Gasteiger partial charge in [0.15, 0.2) is 0 Å². The summed E-state index contributed by atoms with van der Waals surface area (Å²) in [6, 6.07) is 0. The third kappa shape index (κ3) is 4.40. The minimum atomic E-state index is -0.894. The number of carbonyl (C=O) groups is 2. The summed E-state index contributed by atoms with van der Waals surface area (Å²) in [4.78, 5) is 22.2. The van der Waals surface area contributed by atoms with Crippen LogP contribution < -0.4 is 5.32 Å². The van der Waals surface area contributed by atoms with Crippen LogP contribution in [0.25, 0.3) is 6.08 Å². The van der Waals surface area contributed by atoms with Crippen LogP contribution in [0.2, 0.25) is 0 Å². The molecule has 1 unspecified atom stereocenters. The normalized spacial score (nSPS) is 12.6. The minimum Gasteiger partial charge on any atom is -0.481 e. The summed E-state index contributed by atoms with van der Waals surface area (Å²) in [5.41, 5.74) is 0.818. The van der Waals surface area contributed by atoms with Crippen LogP contribution in [0.5, 0.6) is 0 Å². The third-order valence-electron chi connectivity index (χ3n) is 2.52. The van der Waals surface area contributed by atoms with E-state index in [4.69, 9.17) is 5.11 Å². The van der Waals surface area contributed by atoms with Gasteiger partial charge in [0.25, 0.3) is 0 Å². The molecular formula is C12H17N3O3. The molecular weight excluding hydrogens is 234 g/mol. The molecule has 98 valence electrons. The molecule has 2 N–H and O–H groups in total. The highest BCUT2D eigenvalue weighted by molar-refractivity contribution is 5.91.